The molecule has 0 spiro atoms. The van der Waals surface area contributed by atoms with E-state index in [2.05, 4.69) is 5.32 Å². The number of hydrogen-bond donors (Lipinski definition) is 1. The van der Waals surface area contributed by atoms with E-state index in [-0.39, 0.29) is 11.9 Å². The first-order valence-electron chi connectivity index (χ1n) is 6.01. The number of carbonyl (C=O) groups is 1. The van der Waals surface area contributed by atoms with Crippen LogP contribution in [0.1, 0.15) is 17.5 Å². The lowest BCUT2D eigenvalue weighted by Gasteiger charge is -2.20. The zero-order valence-electron chi connectivity index (χ0n) is 10.7. The molecule has 0 saturated carbocycles. The minimum atomic E-state index is -4.40. The zero-order valence-corrected chi connectivity index (χ0v) is 10.7. The van der Waals surface area contributed by atoms with E-state index in [0.29, 0.717) is 24.2 Å². The molecular weight excluding hydrogens is 257 g/mol. The summed E-state index contributed by atoms with van der Waals surface area (Å²) < 4.78 is 38.1. The molecule has 6 heteroatoms. The van der Waals surface area contributed by atoms with Crippen molar-refractivity contribution in [3.8, 4) is 0 Å². The molecule has 1 aromatic rings. The predicted molar refractivity (Wildman–Crippen MR) is 66.0 cm³/mol. The third kappa shape index (κ3) is 2.58. The smallest absolute Gasteiger partial charge is 0.311 e. The van der Waals surface area contributed by atoms with Crippen LogP contribution in [0.15, 0.2) is 18.2 Å². The number of hydrogen-bond acceptors (Lipinski definition) is 2. The number of aryl methyl sites for hydroxylation is 1. The van der Waals surface area contributed by atoms with Gasteiger partial charge in [0.05, 0.1) is 11.6 Å². The highest BCUT2D eigenvalue weighted by molar-refractivity contribution is 6.00. The van der Waals surface area contributed by atoms with Crippen molar-refractivity contribution in [1.82, 2.24) is 5.32 Å². The molecule has 104 valence electrons. The van der Waals surface area contributed by atoms with Crippen molar-refractivity contribution in [3.63, 3.8) is 0 Å². The average Bonchev–Trinajstić information content (AvgIpc) is 2.69. The van der Waals surface area contributed by atoms with Crippen molar-refractivity contribution < 1.29 is 18.0 Å². The van der Waals surface area contributed by atoms with Gasteiger partial charge >= 0.3 is 6.18 Å². The van der Waals surface area contributed by atoms with Crippen LogP contribution in [-0.4, -0.2) is 25.5 Å². The first-order chi connectivity index (χ1) is 8.84. The molecular formula is C13H15F3N2O. The van der Waals surface area contributed by atoms with E-state index in [1.54, 1.807) is 14.0 Å². The summed E-state index contributed by atoms with van der Waals surface area (Å²) in [5, 5.41) is 2.86. The summed E-state index contributed by atoms with van der Waals surface area (Å²) in [4.78, 5) is 13.5. The Morgan fingerprint density at radius 2 is 2.05 bits per heavy atom. The van der Waals surface area contributed by atoms with Crippen LogP contribution in [0.4, 0.5) is 18.9 Å². The molecule has 1 saturated heterocycles. The second-order valence-corrected chi connectivity index (χ2v) is 4.62. The van der Waals surface area contributed by atoms with Gasteiger partial charge in [-0.25, -0.2) is 0 Å². The lowest BCUT2D eigenvalue weighted by atomic mass is 10.1. The van der Waals surface area contributed by atoms with Crippen LogP contribution in [0.3, 0.4) is 0 Å². The monoisotopic (exact) mass is 272 g/mol. The molecule has 1 atom stereocenters. The fraction of sp³-hybridized carbons (Fsp3) is 0.462. The Labute approximate surface area is 109 Å². The van der Waals surface area contributed by atoms with Crippen molar-refractivity contribution in [2.24, 2.45) is 0 Å². The van der Waals surface area contributed by atoms with E-state index < -0.39 is 11.7 Å². The van der Waals surface area contributed by atoms with Gasteiger partial charge in [-0.15, -0.1) is 0 Å². The summed E-state index contributed by atoms with van der Waals surface area (Å²) in [6.07, 6.45) is -3.79. The van der Waals surface area contributed by atoms with Crippen molar-refractivity contribution >= 4 is 11.6 Å². The van der Waals surface area contributed by atoms with Gasteiger partial charge in [-0.05, 0) is 38.1 Å². The maximum Gasteiger partial charge on any atom is 0.416 e. The maximum atomic E-state index is 12.7. The van der Waals surface area contributed by atoms with Crippen LogP contribution in [0.2, 0.25) is 0 Å². The van der Waals surface area contributed by atoms with Crippen LogP contribution in [0.5, 0.6) is 0 Å². The Bertz CT molecular complexity index is 499. The topological polar surface area (TPSA) is 32.3 Å². The Hall–Kier alpha value is -1.56. The predicted octanol–water partition coefficient (Wildman–Crippen LogP) is 2.34. The average molecular weight is 272 g/mol. The van der Waals surface area contributed by atoms with E-state index in [1.807, 2.05) is 0 Å². The summed E-state index contributed by atoms with van der Waals surface area (Å²) in [7, 11) is 1.67. The van der Waals surface area contributed by atoms with Crippen LogP contribution in [-0.2, 0) is 11.0 Å². The number of benzene rings is 1. The third-order valence-electron chi connectivity index (χ3n) is 3.38. The highest BCUT2D eigenvalue weighted by Crippen LogP contribution is 2.34. The van der Waals surface area contributed by atoms with Crippen molar-refractivity contribution in [1.29, 1.82) is 0 Å². The summed E-state index contributed by atoms with van der Waals surface area (Å²) in [5.74, 6) is -0.176. The van der Waals surface area contributed by atoms with Gasteiger partial charge in [0, 0.05) is 12.2 Å². The molecule has 1 amide bonds. The van der Waals surface area contributed by atoms with E-state index in [0.717, 1.165) is 12.1 Å². The molecule has 1 aliphatic rings. The molecule has 1 unspecified atom stereocenters. The SMILES string of the molecule is CNC1CCN(c2cc(C(F)(F)F)ccc2C)C1=O. The van der Waals surface area contributed by atoms with Crippen molar-refractivity contribution in [2.45, 2.75) is 25.6 Å². The largest absolute Gasteiger partial charge is 0.416 e. The lowest BCUT2D eigenvalue weighted by Crippen LogP contribution is -2.36. The van der Waals surface area contributed by atoms with Gasteiger partial charge in [0.25, 0.3) is 0 Å². The van der Waals surface area contributed by atoms with E-state index in [9.17, 15) is 18.0 Å². The third-order valence-corrected chi connectivity index (χ3v) is 3.38. The summed E-state index contributed by atoms with van der Waals surface area (Å²) in [6, 6.07) is 3.17. The van der Waals surface area contributed by atoms with Crippen LogP contribution < -0.4 is 10.2 Å². The molecule has 0 radical (unpaired) electrons. The number of alkyl halides is 3. The summed E-state index contributed by atoms with van der Waals surface area (Å²) in [5.41, 5.74) is 0.282. The maximum absolute atomic E-state index is 12.7. The Kier molecular flexibility index (Phi) is 3.54. The molecule has 1 heterocycles. The van der Waals surface area contributed by atoms with Crippen LogP contribution in [0.25, 0.3) is 0 Å². The van der Waals surface area contributed by atoms with Crippen LogP contribution >= 0.6 is 0 Å². The summed E-state index contributed by atoms with van der Waals surface area (Å²) >= 11 is 0. The van der Waals surface area contributed by atoms with Gasteiger partial charge in [-0.1, -0.05) is 6.07 Å². The second-order valence-electron chi connectivity index (χ2n) is 4.62. The van der Waals surface area contributed by atoms with E-state index in [4.69, 9.17) is 0 Å². The standard InChI is InChI=1S/C13H15F3N2O/c1-8-3-4-9(13(14,15)16)7-11(8)18-6-5-10(17-2)12(18)19/h3-4,7,10,17H,5-6H2,1-2H3. The molecule has 0 bridgehead atoms. The highest BCUT2D eigenvalue weighted by Gasteiger charge is 2.35. The van der Waals surface area contributed by atoms with E-state index >= 15 is 0 Å². The van der Waals surface area contributed by atoms with Gasteiger partial charge < -0.3 is 10.2 Å². The quantitative estimate of drug-likeness (QED) is 0.896. The Balaban J connectivity index is 2.37. The molecule has 19 heavy (non-hydrogen) atoms. The number of carbonyl (C=O) groups excluding carboxylic acids is 1. The second kappa shape index (κ2) is 4.85. The minimum absolute atomic E-state index is 0.176. The molecule has 0 aromatic heterocycles. The Morgan fingerprint density at radius 1 is 1.37 bits per heavy atom. The molecule has 3 nitrogen and oxygen atoms in total. The molecule has 1 fully saturated rings. The number of amides is 1. The van der Waals surface area contributed by atoms with E-state index in [1.165, 1.54) is 11.0 Å². The number of nitrogens with zero attached hydrogens (tertiary/aromatic N) is 1. The first-order valence-corrected chi connectivity index (χ1v) is 6.01. The highest BCUT2D eigenvalue weighted by atomic mass is 19.4. The Morgan fingerprint density at radius 3 is 2.58 bits per heavy atom. The normalized spacial score (nSPS) is 20.2. The lowest BCUT2D eigenvalue weighted by molar-refractivity contribution is -0.137. The zero-order chi connectivity index (χ0) is 14.2. The number of halogens is 3. The molecule has 1 aromatic carbocycles. The first kappa shape index (κ1) is 13.9. The van der Waals surface area contributed by atoms with Gasteiger partial charge in [0.1, 0.15) is 0 Å². The molecule has 1 aliphatic heterocycles. The van der Waals surface area contributed by atoms with Crippen molar-refractivity contribution in [2.75, 3.05) is 18.5 Å². The van der Waals surface area contributed by atoms with Gasteiger partial charge in [0.2, 0.25) is 5.91 Å². The van der Waals surface area contributed by atoms with Crippen molar-refractivity contribution in [3.05, 3.63) is 29.3 Å². The van der Waals surface area contributed by atoms with Gasteiger partial charge in [-0.3, -0.25) is 4.79 Å². The summed E-state index contributed by atoms with van der Waals surface area (Å²) in [6.45, 7) is 2.14. The number of rotatable bonds is 2. The van der Waals surface area contributed by atoms with Gasteiger partial charge in [-0.2, -0.15) is 13.2 Å². The molecule has 2 rings (SSSR count). The molecule has 0 aliphatic carbocycles. The number of likely N-dealkylation sites (N-methyl/N-ethyl adjacent to an activating group) is 1. The number of anilines is 1. The minimum Gasteiger partial charge on any atom is -0.311 e. The fourth-order valence-corrected chi connectivity index (χ4v) is 2.26. The number of nitrogens with one attached hydrogen (secondary N) is 1. The fourth-order valence-electron chi connectivity index (χ4n) is 2.26. The molecule has 1 N–H and O–H groups in total. The van der Waals surface area contributed by atoms with Crippen LogP contribution in [0, 0.1) is 6.92 Å². The van der Waals surface area contributed by atoms with Gasteiger partial charge in [0.15, 0.2) is 0 Å².